The molecule has 0 radical (unpaired) electrons. The zero-order valence-electron chi connectivity index (χ0n) is 22.6. The summed E-state index contributed by atoms with van der Waals surface area (Å²) in [6.45, 7) is 19.6. The minimum atomic E-state index is -2.99. The Bertz CT molecular complexity index is 892. The molecule has 2 rings (SSSR count). The van der Waals surface area contributed by atoms with Crippen LogP contribution in [0.4, 0.5) is 13.6 Å². The molecule has 1 atom stereocenters. The van der Waals surface area contributed by atoms with E-state index in [0.29, 0.717) is 17.0 Å². The number of rotatable bonds is 5. The summed E-state index contributed by atoms with van der Waals surface area (Å²) in [5.41, 5.74) is -0.554. The Kier molecular flexibility index (Phi) is 7.85. The molecule has 0 unspecified atom stereocenters. The molecule has 1 aliphatic rings. The van der Waals surface area contributed by atoms with Gasteiger partial charge in [-0.25, -0.2) is 18.6 Å². The zero-order valence-corrected chi connectivity index (χ0v) is 23.6. The van der Waals surface area contributed by atoms with E-state index >= 15 is 8.78 Å². The average Bonchev–Trinajstić information content (AvgIpc) is 2.64. The Morgan fingerprint density at radius 2 is 1.74 bits per heavy atom. The fraction of sp³-hybridized carbons (Fsp3) is 0.760. The van der Waals surface area contributed by atoms with Crippen LogP contribution in [0, 0.1) is 0 Å². The Labute approximate surface area is 204 Å². The lowest BCUT2D eigenvalue weighted by Crippen LogP contribution is -2.49. The van der Waals surface area contributed by atoms with Crippen LogP contribution in [0.25, 0.3) is 0 Å². The predicted octanol–water partition coefficient (Wildman–Crippen LogP) is 6.71. The monoisotopic (exact) mass is 500 g/mol. The van der Waals surface area contributed by atoms with Crippen molar-refractivity contribution in [1.82, 2.24) is 9.88 Å². The van der Waals surface area contributed by atoms with Gasteiger partial charge in [-0.05, 0) is 64.4 Å². The normalized spacial score (nSPS) is 19.7. The van der Waals surface area contributed by atoms with E-state index in [9.17, 15) is 4.79 Å². The van der Waals surface area contributed by atoms with Crippen molar-refractivity contribution >= 4 is 14.4 Å². The third-order valence-corrected chi connectivity index (χ3v) is 11.3. The molecular formula is C25H42F2N2O4Si. The van der Waals surface area contributed by atoms with Gasteiger partial charge < -0.3 is 18.8 Å². The van der Waals surface area contributed by atoms with Gasteiger partial charge in [-0.3, -0.25) is 0 Å². The molecule has 1 amide bonds. The fourth-order valence-electron chi connectivity index (χ4n) is 3.84. The number of ether oxygens (including phenoxy) is 2. The molecule has 1 aliphatic heterocycles. The van der Waals surface area contributed by atoms with Crippen molar-refractivity contribution in [2.75, 3.05) is 20.2 Å². The number of carbonyl (C=O) groups is 1. The molecule has 0 bridgehead atoms. The molecule has 0 N–H and O–H groups in total. The molecule has 1 fully saturated rings. The second kappa shape index (κ2) is 9.37. The summed E-state index contributed by atoms with van der Waals surface area (Å²) in [6.07, 6.45) is 0.389. The second-order valence-corrected chi connectivity index (χ2v) is 16.9. The summed E-state index contributed by atoms with van der Waals surface area (Å²) in [7, 11) is -0.686. The maximum Gasteiger partial charge on any atom is 0.410 e. The first-order valence-corrected chi connectivity index (χ1v) is 14.7. The van der Waals surface area contributed by atoms with Crippen LogP contribution < -0.4 is 4.74 Å². The van der Waals surface area contributed by atoms with Crippen molar-refractivity contribution in [3.63, 3.8) is 0 Å². The fourth-order valence-corrected chi connectivity index (χ4v) is 5.54. The van der Waals surface area contributed by atoms with E-state index in [4.69, 9.17) is 13.9 Å². The van der Waals surface area contributed by atoms with Gasteiger partial charge in [0.2, 0.25) is 5.88 Å². The van der Waals surface area contributed by atoms with Gasteiger partial charge in [-0.1, -0.05) is 20.8 Å². The van der Waals surface area contributed by atoms with Crippen molar-refractivity contribution in [2.24, 2.45) is 0 Å². The number of nitrogens with zero attached hydrogens (tertiary/aromatic N) is 2. The molecule has 0 spiro atoms. The minimum absolute atomic E-state index is 0.0349. The molecule has 2 heterocycles. The molecule has 0 aliphatic carbocycles. The number of amides is 1. The van der Waals surface area contributed by atoms with E-state index in [1.807, 2.05) is 13.8 Å². The van der Waals surface area contributed by atoms with Crippen LogP contribution in [0.15, 0.2) is 12.3 Å². The third kappa shape index (κ3) is 6.47. The SMILES string of the molecule is COc1ncc([C@H]2CN(C(=O)OC(C)(C)C)CCC2(F)F)cc1C(C)(C)O[Si](C)(C)C(C)(C)C. The van der Waals surface area contributed by atoms with Gasteiger partial charge in [0.15, 0.2) is 8.32 Å². The number of alkyl halides is 2. The highest BCUT2D eigenvalue weighted by molar-refractivity contribution is 6.74. The quantitative estimate of drug-likeness (QED) is 0.421. The summed E-state index contributed by atoms with van der Waals surface area (Å²) in [6, 6.07) is 1.70. The van der Waals surface area contributed by atoms with E-state index < -0.39 is 43.9 Å². The topological polar surface area (TPSA) is 60.9 Å². The molecule has 1 aromatic rings. The summed E-state index contributed by atoms with van der Waals surface area (Å²) in [5.74, 6) is -3.86. The number of hydrogen-bond donors (Lipinski definition) is 0. The van der Waals surface area contributed by atoms with Crippen molar-refractivity contribution in [3.05, 3.63) is 23.4 Å². The van der Waals surface area contributed by atoms with Crippen molar-refractivity contribution in [3.8, 4) is 5.88 Å². The van der Waals surface area contributed by atoms with Gasteiger partial charge in [-0.2, -0.15) is 0 Å². The average molecular weight is 501 g/mol. The van der Waals surface area contributed by atoms with Crippen LogP contribution in [0.2, 0.25) is 18.1 Å². The highest BCUT2D eigenvalue weighted by Gasteiger charge is 2.48. The van der Waals surface area contributed by atoms with Crippen LogP contribution >= 0.6 is 0 Å². The first kappa shape index (κ1) is 28.5. The first-order valence-electron chi connectivity index (χ1n) is 11.8. The molecule has 0 aromatic carbocycles. The molecular weight excluding hydrogens is 458 g/mol. The number of halogens is 2. The molecule has 9 heteroatoms. The zero-order chi connectivity index (χ0) is 26.3. The highest BCUT2D eigenvalue weighted by Crippen LogP contribution is 2.45. The van der Waals surface area contributed by atoms with E-state index in [1.165, 1.54) is 18.2 Å². The Balaban J connectivity index is 2.45. The van der Waals surface area contributed by atoms with Crippen LogP contribution in [-0.4, -0.2) is 56.0 Å². The van der Waals surface area contributed by atoms with Gasteiger partial charge in [0.25, 0.3) is 5.92 Å². The second-order valence-electron chi connectivity index (χ2n) is 12.2. The number of piperidine rings is 1. The van der Waals surface area contributed by atoms with E-state index in [-0.39, 0.29) is 18.1 Å². The maximum atomic E-state index is 15.1. The third-order valence-electron chi connectivity index (χ3n) is 6.71. The highest BCUT2D eigenvalue weighted by atomic mass is 28.4. The predicted molar refractivity (Wildman–Crippen MR) is 132 cm³/mol. The summed E-state index contributed by atoms with van der Waals surface area (Å²) in [4.78, 5) is 18.3. The number of carbonyl (C=O) groups excluding carboxylic acids is 1. The summed E-state index contributed by atoms with van der Waals surface area (Å²) in [5, 5.41) is -0.0349. The Hall–Kier alpha value is -1.74. The lowest BCUT2D eigenvalue weighted by atomic mass is 9.86. The van der Waals surface area contributed by atoms with Crippen molar-refractivity contribution < 1.29 is 27.5 Å². The molecule has 194 valence electrons. The van der Waals surface area contributed by atoms with E-state index in [1.54, 1.807) is 26.8 Å². The van der Waals surface area contributed by atoms with Crippen LogP contribution in [0.1, 0.15) is 78.9 Å². The number of likely N-dealkylation sites (tertiary alicyclic amines) is 1. The lowest BCUT2D eigenvalue weighted by molar-refractivity contribution is -0.0772. The van der Waals surface area contributed by atoms with E-state index in [0.717, 1.165) is 0 Å². The molecule has 6 nitrogen and oxygen atoms in total. The Morgan fingerprint density at radius 3 is 2.24 bits per heavy atom. The van der Waals surface area contributed by atoms with Crippen LogP contribution in [0.5, 0.6) is 5.88 Å². The first-order chi connectivity index (χ1) is 15.2. The van der Waals surface area contributed by atoms with Crippen molar-refractivity contribution in [1.29, 1.82) is 0 Å². The maximum absolute atomic E-state index is 15.1. The number of aromatic nitrogens is 1. The van der Waals surface area contributed by atoms with E-state index in [2.05, 4.69) is 38.8 Å². The van der Waals surface area contributed by atoms with Gasteiger partial charge in [0.05, 0.1) is 18.6 Å². The van der Waals surface area contributed by atoms with Crippen LogP contribution in [-0.2, 0) is 14.8 Å². The number of hydrogen-bond acceptors (Lipinski definition) is 5. The molecule has 1 saturated heterocycles. The largest absolute Gasteiger partial charge is 0.481 e. The summed E-state index contributed by atoms with van der Waals surface area (Å²) < 4.78 is 47.8. The van der Waals surface area contributed by atoms with Gasteiger partial charge in [0.1, 0.15) is 5.60 Å². The van der Waals surface area contributed by atoms with Gasteiger partial charge in [-0.15, -0.1) is 0 Å². The molecule has 34 heavy (non-hydrogen) atoms. The van der Waals surface area contributed by atoms with Gasteiger partial charge in [0, 0.05) is 31.3 Å². The molecule has 0 saturated carbocycles. The summed E-state index contributed by atoms with van der Waals surface area (Å²) >= 11 is 0. The molecule has 1 aromatic heterocycles. The smallest absolute Gasteiger partial charge is 0.410 e. The number of methoxy groups -OCH3 is 1. The standard InChI is InChI=1S/C25H42F2N2O4Si/c1-22(2,3)32-21(30)29-13-12-25(26,27)19(16-29)17-14-18(20(31-9)28-15-17)24(7,8)33-34(10,11)23(4,5)6/h14-15,19H,12-13,16H2,1-11H3/t19-/m1/s1. The minimum Gasteiger partial charge on any atom is -0.481 e. The Morgan fingerprint density at radius 1 is 1.15 bits per heavy atom. The van der Waals surface area contributed by atoms with Crippen molar-refractivity contribution in [2.45, 2.75) is 103 Å². The van der Waals surface area contributed by atoms with Gasteiger partial charge >= 0.3 is 6.09 Å². The van der Waals surface area contributed by atoms with Crippen LogP contribution in [0.3, 0.4) is 0 Å². The lowest BCUT2D eigenvalue weighted by Gasteiger charge is -2.43. The number of pyridine rings is 1.